The van der Waals surface area contributed by atoms with Crippen molar-refractivity contribution in [3.8, 4) is 0 Å². The number of ether oxygens (including phenoxy) is 1. The number of nitrogens with zero attached hydrogens (tertiary/aromatic N) is 4. The Bertz CT molecular complexity index is 1160. The molecule has 154 valence electrons. The third-order valence-corrected chi connectivity index (χ3v) is 5.78. The molecule has 1 amide bonds. The van der Waals surface area contributed by atoms with Crippen LogP contribution in [0.3, 0.4) is 0 Å². The van der Waals surface area contributed by atoms with Crippen molar-refractivity contribution >= 4 is 44.0 Å². The maximum absolute atomic E-state index is 13.2. The topological polar surface area (TPSA) is 69.4 Å². The van der Waals surface area contributed by atoms with Gasteiger partial charge in [0, 0.05) is 30.0 Å². The Kier molecular flexibility index (Phi) is 4.93. The molecule has 0 radical (unpaired) electrons. The fraction of sp³-hybridized carbons (Fsp3) is 0.476. The Labute approximate surface area is 177 Å². The van der Waals surface area contributed by atoms with Crippen molar-refractivity contribution in [2.24, 2.45) is 7.05 Å². The number of piperidine rings is 1. The second-order valence-electron chi connectivity index (χ2n) is 8.59. The smallest absolute Gasteiger partial charge is 0.410 e. The van der Waals surface area contributed by atoms with E-state index in [1.807, 2.05) is 43.5 Å². The van der Waals surface area contributed by atoms with Gasteiger partial charge in [-0.3, -0.25) is 14.1 Å². The molecule has 29 heavy (non-hydrogen) atoms. The summed E-state index contributed by atoms with van der Waals surface area (Å²) in [6, 6.07) is 5.76. The minimum absolute atomic E-state index is 0.0923. The lowest BCUT2D eigenvalue weighted by molar-refractivity contribution is 0.0173. The number of carbonyl (C=O) groups is 1. The number of likely N-dealkylation sites (tertiary alicyclic amines) is 1. The highest BCUT2D eigenvalue weighted by Gasteiger charge is 2.31. The zero-order valence-electron chi connectivity index (χ0n) is 17.1. The van der Waals surface area contributed by atoms with Gasteiger partial charge in [0.15, 0.2) is 0 Å². The Hall–Kier alpha value is -2.35. The number of rotatable bonds is 1. The van der Waals surface area contributed by atoms with Gasteiger partial charge in [-0.15, -0.1) is 0 Å². The molecule has 0 aliphatic carbocycles. The van der Waals surface area contributed by atoms with E-state index in [2.05, 4.69) is 20.9 Å². The van der Waals surface area contributed by atoms with Crippen LogP contribution in [0.1, 0.15) is 39.7 Å². The van der Waals surface area contributed by atoms with Gasteiger partial charge < -0.3 is 9.64 Å². The van der Waals surface area contributed by atoms with E-state index in [1.54, 1.807) is 22.7 Å². The molecule has 1 fully saturated rings. The van der Waals surface area contributed by atoms with Crippen LogP contribution in [-0.4, -0.2) is 43.8 Å². The first-order valence-corrected chi connectivity index (χ1v) is 10.6. The van der Waals surface area contributed by atoms with Gasteiger partial charge in [0.1, 0.15) is 5.60 Å². The van der Waals surface area contributed by atoms with Crippen LogP contribution in [0.2, 0.25) is 0 Å². The van der Waals surface area contributed by atoms with Crippen LogP contribution in [0.5, 0.6) is 0 Å². The predicted octanol–water partition coefficient (Wildman–Crippen LogP) is 4.22. The molecule has 0 N–H and O–H groups in total. The lowest BCUT2D eigenvalue weighted by Gasteiger charge is -2.34. The molecule has 0 saturated carbocycles. The largest absolute Gasteiger partial charge is 0.444 e. The van der Waals surface area contributed by atoms with Gasteiger partial charge in [-0.2, -0.15) is 0 Å². The first kappa shape index (κ1) is 19.9. The van der Waals surface area contributed by atoms with E-state index in [-0.39, 0.29) is 17.8 Å². The van der Waals surface area contributed by atoms with Gasteiger partial charge in [0.25, 0.3) is 0 Å². The lowest BCUT2D eigenvalue weighted by atomic mass is 10.1. The summed E-state index contributed by atoms with van der Waals surface area (Å²) in [6.45, 7) is 6.67. The van der Waals surface area contributed by atoms with Gasteiger partial charge in [0.05, 0.1) is 28.8 Å². The molecule has 1 aromatic carbocycles. The molecule has 2 aromatic heterocycles. The van der Waals surface area contributed by atoms with Crippen LogP contribution in [0, 0.1) is 0 Å². The monoisotopic (exact) mass is 460 g/mol. The molecule has 8 heteroatoms. The molecule has 3 aromatic rings. The van der Waals surface area contributed by atoms with E-state index in [9.17, 15) is 9.59 Å². The van der Waals surface area contributed by atoms with Crippen molar-refractivity contribution < 1.29 is 9.53 Å². The number of amides is 1. The van der Waals surface area contributed by atoms with E-state index >= 15 is 0 Å². The quantitative estimate of drug-likeness (QED) is 0.544. The fourth-order valence-corrected chi connectivity index (χ4v) is 4.36. The number of pyridine rings is 1. The summed E-state index contributed by atoms with van der Waals surface area (Å²) in [5.74, 6) is 0. The third-order valence-electron chi connectivity index (χ3n) is 5.29. The van der Waals surface area contributed by atoms with Gasteiger partial charge in [0.2, 0.25) is 0 Å². The first-order chi connectivity index (χ1) is 13.7. The maximum atomic E-state index is 13.2. The molecular weight excluding hydrogens is 436 g/mol. The molecule has 3 heterocycles. The van der Waals surface area contributed by atoms with Crippen molar-refractivity contribution in [2.45, 2.75) is 45.3 Å². The van der Waals surface area contributed by atoms with Crippen LogP contribution in [0.25, 0.3) is 21.9 Å². The van der Waals surface area contributed by atoms with Gasteiger partial charge in [-0.25, -0.2) is 9.59 Å². The normalized spacial score (nSPS) is 17.8. The van der Waals surface area contributed by atoms with Crippen LogP contribution >= 0.6 is 15.9 Å². The predicted molar refractivity (Wildman–Crippen MR) is 116 cm³/mol. The standard InChI is InChI=1S/C21H25BrN4O3/c1-21(2,3)29-20(28)25-9-5-6-14(12-25)26-18-15-10-13(22)7-8-16(15)23-11-17(18)24(4)19(26)27/h7-8,10-11,14H,5-6,9,12H2,1-4H3. The fourth-order valence-electron chi connectivity index (χ4n) is 4.00. The molecule has 7 nitrogen and oxygen atoms in total. The van der Waals surface area contributed by atoms with Crippen molar-refractivity contribution in [1.82, 2.24) is 19.0 Å². The SMILES string of the molecule is Cn1c(=O)n(C2CCCN(C(=O)OC(C)(C)C)C2)c2c3cc(Br)ccc3ncc21. The number of aryl methyl sites for hydroxylation is 1. The number of fused-ring (bicyclic) bond motifs is 3. The Morgan fingerprint density at radius 1 is 1.31 bits per heavy atom. The number of hydrogen-bond acceptors (Lipinski definition) is 4. The van der Waals surface area contributed by atoms with Crippen LogP contribution in [0.15, 0.2) is 33.7 Å². The summed E-state index contributed by atoms with van der Waals surface area (Å²) < 4.78 is 9.95. The first-order valence-electron chi connectivity index (χ1n) is 9.79. The molecule has 1 aliphatic heterocycles. The summed E-state index contributed by atoms with van der Waals surface area (Å²) in [7, 11) is 1.77. The molecule has 1 atom stereocenters. The van der Waals surface area contributed by atoms with E-state index in [4.69, 9.17) is 4.74 Å². The zero-order chi connectivity index (χ0) is 20.9. The summed E-state index contributed by atoms with van der Waals surface area (Å²) in [5, 5.41) is 0.920. The summed E-state index contributed by atoms with van der Waals surface area (Å²) in [5.41, 5.74) is 1.84. The molecule has 1 saturated heterocycles. The van der Waals surface area contributed by atoms with Crippen molar-refractivity contribution in [2.75, 3.05) is 13.1 Å². The van der Waals surface area contributed by atoms with Crippen molar-refractivity contribution in [3.05, 3.63) is 39.4 Å². The number of imidazole rings is 1. The average molecular weight is 461 g/mol. The number of aromatic nitrogens is 3. The van der Waals surface area contributed by atoms with Gasteiger partial charge in [-0.05, 0) is 51.8 Å². The highest BCUT2D eigenvalue weighted by atomic mass is 79.9. The highest BCUT2D eigenvalue weighted by molar-refractivity contribution is 9.10. The van der Waals surface area contributed by atoms with Crippen LogP contribution in [-0.2, 0) is 11.8 Å². The Morgan fingerprint density at radius 3 is 2.79 bits per heavy atom. The second-order valence-corrected chi connectivity index (χ2v) is 9.50. The zero-order valence-corrected chi connectivity index (χ0v) is 18.7. The Balaban J connectivity index is 1.81. The molecular formula is C21H25BrN4O3. The van der Waals surface area contributed by atoms with Gasteiger partial charge in [-0.1, -0.05) is 15.9 Å². The lowest BCUT2D eigenvalue weighted by Crippen LogP contribution is -2.45. The molecule has 1 aliphatic rings. The summed E-state index contributed by atoms with van der Waals surface area (Å²) in [4.78, 5) is 32.0. The number of benzene rings is 1. The number of halogens is 1. The Morgan fingerprint density at radius 2 is 2.07 bits per heavy atom. The highest BCUT2D eigenvalue weighted by Crippen LogP contribution is 2.30. The van der Waals surface area contributed by atoms with E-state index < -0.39 is 5.60 Å². The number of carbonyl (C=O) groups excluding carboxylic acids is 1. The summed E-state index contributed by atoms with van der Waals surface area (Å²) >= 11 is 3.53. The maximum Gasteiger partial charge on any atom is 0.410 e. The molecule has 0 spiro atoms. The minimum Gasteiger partial charge on any atom is -0.444 e. The second kappa shape index (κ2) is 7.16. The number of hydrogen-bond donors (Lipinski definition) is 0. The minimum atomic E-state index is -0.547. The van der Waals surface area contributed by atoms with Crippen molar-refractivity contribution in [3.63, 3.8) is 0 Å². The van der Waals surface area contributed by atoms with E-state index in [0.717, 1.165) is 39.3 Å². The third kappa shape index (κ3) is 3.66. The van der Waals surface area contributed by atoms with Gasteiger partial charge >= 0.3 is 11.8 Å². The summed E-state index contributed by atoms with van der Waals surface area (Å²) in [6.07, 6.45) is 3.07. The van der Waals surface area contributed by atoms with Crippen LogP contribution < -0.4 is 5.69 Å². The van der Waals surface area contributed by atoms with E-state index in [0.29, 0.717) is 13.1 Å². The molecule has 1 unspecified atom stereocenters. The molecule has 4 rings (SSSR count). The van der Waals surface area contributed by atoms with Crippen molar-refractivity contribution in [1.29, 1.82) is 0 Å². The average Bonchev–Trinajstić information content (AvgIpc) is 2.92. The van der Waals surface area contributed by atoms with Crippen LogP contribution in [0.4, 0.5) is 4.79 Å². The molecule has 0 bridgehead atoms. The van der Waals surface area contributed by atoms with E-state index in [1.165, 1.54) is 0 Å².